The summed E-state index contributed by atoms with van der Waals surface area (Å²) >= 11 is 0. The summed E-state index contributed by atoms with van der Waals surface area (Å²) in [6, 6.07) is 0. The van der Waals surface area contributed by atoms with E-state index in [1.54, 1.807) is 13.8 Å². The maximum atomic E-state index is 10.0. The minimum atomic E-state index is -0.924. The third kappa shape index (κ3) is 3.41. The van der Waals surface area contributed by atoms with Crippen molar-refractivity contribution >= 4 is 0 Å². The molecule has 4 nitrogen and oxygen atoms in total. The third-order valence-electron chi connectivity index (χ3n) is 3.38. The van der Waals surface area contributed by atoms with Crippen molar-refractivity contribution < 1.29 is 19.1 Å². The maximum Gasteiger partial charge on any atom is 0.247 e. The molecule has 0 bridgehead atoms. The van der Waals surface area contributed by atoms with Crippen LogP contribution in [0, 0.1) is 0 Å². The Morgan fingerprint density at radius 3 is 1.40 bits per heavy atom. The first-order chi connectivity index (χ1) is 6.21. The Kier molecular flexibility index (Phi) is 3.66. The van der Waals surface area contributed by atoms with Gasteiger partial charge in [-0.15, -0.1) is 4.84 Å². The van der Waals surface area contributed by atoms with Gasteiger partial charge in [-0.1, -0.05) is 0 Å². The number of hydroxylamine groups is 3. The van der Waals surface area contributed by atoms with E-state index in [9.17, 15) is 5.11 Å². The van der Waals surface area contributed by atoms with Gasteiger partial charge in [-0.3, -0.25) is 4.48 Å². The Balaban J connectivity index is 4.89. The minimum Gasteiger partial charge on any atom is -0.341 e. The fraction of sp³-hybridized carbons (Fsp3) is 1.00. The van der Waals surface area contributed by atoms with Crippen molar-refractivity contribution in [2.24, 2.45) is 0 Å². The van der Waals surface area contributed by atoms with E-state index in [1.807, 2.05) is 27.9 Å². The van der Waals surface area contributed by atoms with E-state index in [2.05, 4.69) is 21.1 Å². The van der Waals surface area contributed by atoms with Crippen molar-refractivity contribution in [3.63, 3.8) is 0 Å². The van der Waals surface area contributed by atoms with Crippen LogP contribution in [0.15, 0.2) is 0 Å². The quantitative estimate of drug-likeness (QED) is 0.438. The van der Waals surface area contributed by atoms with E-state index < -0.39 is 5.72 Å². The summed E-state index contributed by atoms with van der Waals surface area (Å²) in [5, 5.41) is 10.0. The molecular formula is C11H28N2O2+2. The van der Waals surface area contributed by atoms with Crippen LogP contribution in [0.25, 0.3) is 0 Å². The van der Waals surface area contributed by atoms with Crippen LogP contribution in [-0.2, 0) is 4.84 Å². The Morgan fingerprint density at radius 2 is 1.20 bits per heavy atom. The van der Waals surface area contributed by atoms with Crippen LogP contribution in [0.3, 0.4) is 0 Å². The van der Waals surface area contributed by atoms with Crippen molar-refractivity contribution in [2.45, 2.75) is 39.1 Å². The Morgan fingerprint density at radius 1 is 0.867 bits per heavy atom. The summed E-state index contributed by atoms with van der Waals surface area (Å²) in [5.74, 6) is 0. The van der Waals surface area contributed by atoms with Crippen LogP contribution in [0.1, 0.15) is 27.7 Å². The standard InChI is InChI=1S/C11H28N2O2/c1-10(2,14)13(8,9)15-11(3,4)12(5,6)7/h14H,1-9H3/q+2. The van der Waals surface area contributed by atoms with E-state index in [-0.39, 0.29) is 10.4 Å². The number of hydrogen-bond donors (Lipinski definition) is 1. The molecule has 1 N–H and O–H groups in total. The average molecular weight is 220 g/mol. The molecule has 15 heavy (non-hydrogen) atoms. The van der Waals surface area contributed by atoms with Gasteiger partial charge in [-0.05, 0) is 0 Å². The number of rotatable bonds is 4. The fourth-order valence-electron chi connectivity index (χ4n) is 0.793. The van der Waals surface area contributed by atoms with Gasteiger partial charge in [0.05, 0.1) is 21.1 Å². The van der Waals surface area contributed by atoms with Gasteiger partial charge in [0.2, 0.25) is 11.4 Å². The lowest BCUT2D eigenvalue weighted by molar-refractivity contribution is -1.18. The molecule has 0 amide bonds. The molecule has 0 rings (SSSR count). The second-order valence-corrected chi connectivity index (χ2v) is 6.40. The Hall–Kier alpha value is -0.160. The van der Waals surface area contributed by atoms with E-state index in [1.165, 1.54) is 0 Å². The summed E-state index contributed by atoms with van der Waals surface area (Å²) in [7, 11) is 9.94. The molecule has 0 spiro atoms. The summed E-state index contributed by atoms with van der Waals surface area (Å²) in [6.07, 6.45) is 0. The lowest BCUT2D eigenvalue weighted by atomic mass is 10.2. The van der Waals surface area contributed by atoms with Crippen LogP contribution in [0.4, 0.5) is 0 Å². The van der Waals surface area contributed by atoms with Crippen molar-refractivity contribution in [1.29, 1.82) is 0 Å². The van der Waals surface area contributed by atoms with Gasteiger partial charge >= 0.3 is 0 Å². The monoisotopic (exact) mass is 220 g/mol. The molecule has 0 aromatic heterocycles. The molecule has 0 aromatic rings. The van der Waals surface area contributed by atoms with Crippen molar-refractivity contribution in [1.82, 2.24) is 0 Å². The minimum absolute atomic E-state index is 0.107. The third-order valence-corrected chi connectivity index (χ3v) is 3.38. The first-order valence-electron chi connectivity index (χ1n) is 5.29. The van der Waals surface area contributed by atoms with Crippen LogP contribution in [-0.4, -0.2) is 60.9 Å². The van der Waals surface area contributed by atoms with Crippen LogP contribution in [0.5, 0.6) is 0 Å². The topological polar surface area (TPSA) is 29.5 Å². The van der Waals surface area contributed by atoms with Crippen molar-refractivity contribution in [3.05, 3.63) is 0 Å². The molecule has 0 saturated heterocycles. The van der Waals surface area contributed by atoms with Crippen LogP contribution in [0.2, 0.25) is 0 Å². The molecule has 0 aliphatic carbocycles. The Bertz CT molecular complexity index is 198. The maximum absolute atomic E-state index is 10.0. The van der Waals surface area contributed by atoms with E-state index >= 15 is 0 Å². The van der Waals surface area contributed by atoms with Gasteiger partial charge in [0, 0.05) is 27.7 Å². The van der Waals surface area contributed by atoms with Crippen LogP contribution >= 0.6 is 0 Å². The van der Waals surface area contributed by atoms with Crippen LogP contribution < -0.4 is 0 Å². The molecule has 0 fully saturated rings. The normalized spacial score (nSPS) is 15.6. The highest BCUT2D eigenvalue weighted by atomic mass is 16.8. The first kappa shape index (κ1) is 14.8. The lowest BCUT2D eigenvalue weighted by Gasteiger charge is -2.46. The summed E-state index contributed by atoms with van der Waals surface area (Å²) in [6.45, 7) is 7.55. The molecule has 0 atom stereocenters. The molecule has 0 aliphatic heterocycles. The smallest absolute Gasteiger partial charge is 0.247 e. The highest BCUT2D eigenvalue weighted by molar-refractivity contribution is 4.52. The van der Waals surface area contributed by atoms with Crippen molar-refractivity contribution in [3.8, 4) is 0 Å². The highest BCUT2D eigenvalue weighted by Crippen LogP contribution is 2.27. The zero-order valence-electron chi connectivity index (χ0n) is 11.7. The van der Waals surface area contributed by atoms with Gasteiger partial charge in [-0.2, -0.15) is 4.65 Å². The lowest BCUT2D eigenvalue weighted by Crippen LogP contribution is -2.65. The second kappa shape index (κ2) is 3.70. The van der Waals surface area contributed by atoms with Gasteiger partial charge < -0.3 is 5.11 Å². The number of quaternary nitrogens is 2. The first-order valence-corrected chi connectivity index (χ1v) is 5.29. The predicted octanol–water partition coefficient (Wildman–Crippen LogP) is 1.17. The van der Waals surface area contributed by atoms with Crippen molar-refractivity contribution in [2.75, 3.05) is 35.2 Å². The number of nitrogens with zero attached hydrogens (tertiary/aromatic N) is 2. The summed E-state index contributed by atoms with van der Waals surface area (Å²) < 4.78 is 0.778. The molecule has 0 unspecified atom stereocenters. The molecule has 0 aromatic carbocycles. The molecular weight excluding hydrogens is 192 g/mol. The Labute approximate surface area is 94.2 Å². The number of hydrogen-bond acceptors (Lipinski definition) is 2. The van der Waals surface area contributed by atoms with Gasteiger partial charge in [0.15, 0.2) is 0 Å². The number of aliphatic hydroxyl groups is 1. The molecule has 0 saturated carbocycles. The molecule has 0 radical (unpaired) electrons. The molecule has 0 heterocycles. The highest BCUT2D eigenvalue weighted by Gasteiger charge is 2.47. The molecule has 0 aliphatic rings. The van der Waals surface area contributed by atoms with Gasteiger partial charge in [0.25, 0.3) is 0 Å². The summed E-state index contributed by atoms with van der Waals surface area (Å²) in [5.41, 5.74) is -1.30. The van der Waals surface area contributed by atoms with Gasteiger partial charge in [-0.25, -0.2) is 0 Å². The summed E-state index contributed by atoms with van der Waals surface area (Å²) in [4.78, 5) is 6.01. The average Bonchev–Trinajstić information content (AvgIpc) is 1.77. The fourth-order valence-corrected chi connectivity index (χ4v) is 0.793. The molecule has 4 heteroatoms. The second-order valence-electron chi connectivity index (χ2n) is 6.40. The van der Waals surface area contributed by atoms with E-state index in [0.717, 1.165) is 0 Å². The zero-order valence-corrected chi connectivity index (χ0v) is 11.7. The SMILES string of the molecule is CC(C)(O[N+](C)(C)C(C)(C)O)[N+](C)(C)C. The zero-order chi connectivity index (χ0) is 12.7. The molecule has 92 valence electrons. The largest absolute Gasteiger partial charge is 0.341 e. The van der Waals surface area contributed by atoms with E-state index in [0.29, 0.717) is 4.48 Å². The predicted molar refractivity (Wildman–Crippen MR) is 61.6 cm³/mol. The van der Waals surface area contributed by atoms with Gasteiger partial charge in [0.1, 0.15) is 14.1 Å². The van der Waals surface area contributed by atoms with E-state index in [4.69, 9.17) is 4.84 Å².